The molecular weight excluding hydrogens is 388 g/mol. The number of nitrogens with zero attached hydrogens (tertiary/aromatic N) is 4. The lowest BCUT2D eigenvalue weighted by Gasteiger charge is -2.21. The van der Waals surface area contributed by atoms with Crippen molar-refractivity contribution in [3.05, 3.63) is 101 Å². The molecule has 4 rings (SSSR count). The van der Waals surface area contributed by atoms with Crippen molar-refractivity contribution in [2.45, 2.75) is 33.1 Å². The van der Waals surface area contributed by atoms with Crippen molar-refractivity contribution in [2.75, 3.05) is 0 Å². The van der Waals surface area contributed by atoms with E-state index < -0.39 is 0 Å². The Balaban J connectivity index is 1.72. The Kier molecular flexibility index (Phi) is 5.89. The second-order valence-corrected chi connectivity index (χ2v) is 7.59. The Labute approximate surface area is 181 Å². The molecule has 2 heterocycles. The summed E-state index contributed by atoms with van der Waals surface area (Å²) in [6.07, 6.45) is 2.28. The number of aromatic nitrogens is 3. The SMILES string of the molecule is Cc1cc(/C(C[C@H](c2ccc(-c3nnc(C)o3)cc2)c2ccccc2C)=N/O)ccn1. The molecular formula is C25H24N4O2. The number of oxime groups is 1. The first-order valence-corrected chi connectivity index (χ1v) is 10.1. The standard InChI is InChI=1S/C25H24N4O2/c1-16-6-4-5-7-22(16)23(15-24(29-30)21-12-13-26-17(2)14-21)19-8-10-20(11-9-19)25-28-27-18(3)31-25/h4-14,23,30H,15H2,1-3H3/b29-24+/t23-/m1/s1. The highest BCUT2D eigenvalue weighted by Gasteiger charge is 2.21. The van der Waals surface area contributed by atoms with Gasteiger partial charge in [0.2, 0.25) is 11.8 Å². The van der Waals surface area contributed by atoms with Crippen molar-refractivity contribution < 1.29 is 9.62 Å². The van der Waals surface area contributed by atoms with Crippen LogP contribution in [0.15, 0.2) is 76.4 Å². The zero-order valence-electron chi connectivity index (χ0n) is 17.8. The van der Waals surface area contributed by atoms with Crippen LogP contribution < -0.4 is 0 Å². The van der Waals surface area contributed by atoms with Gasteiger partial charge in [-0.2, -0.15) is 0 Å². The summed E-state index contributed by atoms with van der Waals surface area (Å²) in [6.45, 7) is 5.80. The minimum absolute atomic E-state index is 0.0130. The first-order chi connectivity index (χ1) is 15.0. The first kappa shape index (κ1) is 20.5. The minimum atomic E-state index is 0.0130. The predicted molar refractivity (Wildman–Crippen MR) is 119 cm³/mol. The maximum Gasteiger partial charge on any atom is 0.247 e. The largest absolute Gasteiger partial charge is 0.421 e. The Morgan fingerprint density at radius 1 is 1.00 bits per heavy atom. The summed E-state index contributed by atoms with van der Waals surface area (Å²) >= 11 is 0. The maximum atomic E-state index is 9.82. The highest BCUT2D eigenvalue weighted by atomic mass is 16.4. The number of rotatable bonds is 6. The van der Waals surface area contributed by atoms with Gasteiger partial charge in [-0.05, 0) is 54.8 Å². The van der Waals surface area contributed by atoms with Gasteiger partial charge in [-0.3, -0.25) is 4.98 Å². The van der Waals surface area contributed by atoms with Crippen molar-refractivity contribution in [3.63, 3.8) is 0 Å². The van der Waals surface area contributed by atoms with Gasteiger partial charge in [0, 0.05) is 42.3 Å². The Morgan fingerprint density at radius 3 is 2.42 bits per heavy atom. The molecule has 1 atom stereocenters. The van der Waals surface area contributed by atoms with Crippen LogP contribution in [0.3, 0.4) is 0 Å². The quantitative estimate of drug-likeness (QED) is 0.258. The van der Waals surface area contributed by atoms with Gasteiger partial charge in [0.05, 0.1) is 5.71 Å². The molecule has 0 amide bonds. The fourth-order valence-electron chi connectivity index (χ4n) is 3.79. The lowest BCUT2D eigenvalue weighted by molar-refractivity contribution is 0.317. The summed E-state index contributed by atoms with van der Waals surface area (Å²) in [5.41, 5.74) is 6.73. The summed E-state index contributed by atoms with van der Waals surface area (Å²) in [5.74, 6) is 1.05. The van der Waals surface area contributed by atoms with E-state index in [2.05, 4.69) is 51.5 Å². The van der Waals surface area contributed by atoms with Crippen molar-refractivity contribution in [1.29, 1.82) is 0 Å². The topological polar surface area (TPSA) is 84.4 Å². The highest BCUT2D eigenvalue weighted by molar-refractivity contribution is 6.01. The van der Waals surface area contributed by atoms with Crippen molar-refractivity contribution in [3.8, 4) is 11.5 Å². The Bertz CT molecular complexity index is 1210. The maximum absolute atomic E-state index is 9.82. The van der Waals surface area contributed by atoms with Gasteiger partial charge < -0.3 is 9.62 Å². The highest BCUT2D eigenvalue weighted by Crippen LogP contribution is 2.33. The minimum Gasteiger partial charge on any atom is -0.421 e. The molecule has 156 valence electrons. The van der Waals surface area contributed by atoms with Crippen LogP contribution in [0.25, 0.3) is 11.5 Å². The lowest BCUT2D eigenvalue weighted by Crippen LogP contribution is -2.12. The van der Waals surface area contributed by atoms with Crippen LogP contribution in [-0.4, -0.2) is 26.1 Å². The molecule has 6 heteroatoms. The molecule has 1 N–H and O–H groups in total. The molecule has 0 unspecified atom stereocenters. The van der Waals surface area contributed by atoms with Crippen LogP contribution in [-0.2, 0) is 0 Å². The van der Waals surface area contributed by atoms with E-state index in [1.54, 1.807) is 13.1 Å². The summed E-state index contributed by atoms with van der Waals surface area (Å²) in [7, 11) is 0. The Morgan fingerprint density at radius 2 is 1.77 bits per heavy atom. The summed E-state index contributed by atoms with van der Waals surface area (Å²) in [6, 6.07) is 20.2. The van der Waals surface area contributed by atoms with E-state index in [1.807, 2.05) is 43.3 Å². The van der Waals surface area contributed by atoms with Crippen LogP contribution in [0.1, 0.15) is 46.2 Å². The molecule has 0 aliphatic carbocycles. The third kappa shape index (κ3) is 4.53. The van der Waals surface area contributed by atoms with E-state index in [4.69, 9.17) is 4.42 Å². The fourth-order valence-corrected chi connectivity index (χ4v) is 3.79. The fraction of sp³-hybridized carbons (Fsp3) is 0.200. The van der Waals surface area contributed by atoms with Crippen molar-refractivity contribution in [1.82, 2.24) is 15.2 Å². The van der Waals surface area contributed by atoms with Gasteiger partial charge in [-0.15, -0.1) is 10.2 Å². The molecule has 0 saturated carbocycles. The van der Waals surface area contributed by atoms with Gasteiger partial charge in [0.1, 0.15) is 0 Å². The molecule has 0 aliphatic rings. The number of hydrogen-bond donors (Lipinski definition) is 1. The van der Waals surface area contributed by atoms with Gasteiger partial charge in [0.25, 0.3) is 0 Å². The molecule has 4 aromatic rings. The van der Waals surface area contributed by atoms with E-state index in [-0.39, 0.29) is 5.92 Å². The third-order valence-electron chi connectivity index (χ3n) is 5.40. The molecule has 0 radical (unpaired) electrons. The number of benzene rings is 2. The van der Waals surface area contributed by atoms with Gasteiger partial charge in [0.15, 0.2) is 0 Å². The average Bonchev–Trinajstić information content (AvgIpc) is 3.22. The number of aryl methyl sites for hydroxylation is 3. The second-order valence-electron chi connectivity index (χ2n) is 7.59. The van der Waals surface area contributed by atoms with Gasteiger partial charge in [-0.25, -0.2) is 0 Å². The molecule has 6 nitrogen and oxygen atoms in total. The Hall–Kier alpha value is -3.80. The van der Waals surface area contributed by atoms with Crippen LogP contribution in [0.2, 0.25) is 0 Å². The molecule has 0 saturated heterocycles. The number of hydrogen-bond acceptors (Lipinski definition) is 6. The molecule has 0 spiro atoms. The van der Waals surface area contributed by atoms with E-state index in [0.29, 0.717) is 23.9 Å². The second kappa shape index (κ2) is 8.92. The predicted octanol–water partition coefficient (Wildman–Crippen LogP) is 5.46. The van der Waals surface area contributed by atoms with Crippen LogP contribution in [0, 0.1) is 20.8 Å². The molecule has 2 aromatic carbocycles. The van der Waals surface area contributed by atoms with Crippen LogP contribution >= 0.6 is 0 Å². The van der Waals surface area contributed by atoms with E-state index in [9.17, 15) is 5.21 Å². The number of pyridine rings is 1. The molecule has 0 bridgehead atoms. The van der Waals surface area contributed by atoms with E-state index in [1.165, 1.54) is 11.1 Å². The van der Waals surface area contributed by atoms with E-state index in [0.717, 1.165) is 22.4 Å². The molecule has 31 heavy (non-hydrogen) atoms. The molecule has 2 aromatic heterocycles. The van der Waals surface area contributed by atoms with Crippen LogP contribution in [0.4, 0.5) is 0 Å². The first-order valence-electron chi connectivity index (χ1n) is 10.1. The molecule has 0 aliphatic heterocycles. The lowest BCUT2D eigenvalue weighted by atomic mass is 9.83. The van der Waals surface area contributed by atoms with Gasteiger partial charge in [-0.1, -0.05) is 41.6 Å². The van der Waals surface area contributed by atoms with Gasteiger partial charge >= 0.3 is 0 Å². The smallest absolute Gasteiger partial charge is 0.247 e. The van der Waals surface area contributed by atoms with Crippen molar-refractivity contribution >= 4 is 5.71 Å². The molecule has 0 fully saturated rings. The summed E-state index contributed by atoms with van der Waals surface area (Å²) in [5, 5.41) is 21.5. The summed E-state index contributed by atoms with van der Waals surface area (Å²) in [4.78, 5) is 4.25. The monoisotopic (exact) mass is 412 g/mol. The normalized spacial score (nSPS) is 12.7. The zero-order chi connectivity index (χ0) is 21.8. The average molecular weight is 412 g/mol. The van der Waals surface area contributed by atoms with Crippen LogP contribution in [0.5, 0.6) is 0 Å². The zero-order valence-corrected chi connectivity index (χ0v) is 17.8. The van der Waals surface area contributed by atoms with Crippen molar-refractivity contribution in [2.24, 2.45) is 5.16 Å². The third-order valence-corrected chi connectivity index (χ3v) is 5.40. The van der Waals surface area contributed by atoms with E-state index >= 15 is 0 Å². The summed E-state index contributed by atoms with van der Waals surface area (Å²) < 4.78 is 5.54.